The lowest BCUT2D eigenvalue weighted by atomic mass is 9.87. The number of anilines is 2. The van der Waals surface area contributed by atoms with Gasteiger partial charge in [0, 0.05) is 10.6 Å². The number of nitrogens with one attached hydrogen (secondary N) is 1. The number of nitrogen functional groups attached to an aromatic ring is 1. The number of hydrogen-bond acceptors (Lipinski definition) is 4. The second-order valence-corrected chi connectivity index (χ2v) is 6.19. The predicted octanol–water partition coefficient (Wildman–Crippen LogP) is 3.40. The fourth-order valence-electron chi connectivity index (χ4n) is 2.80. The van der Waals surface area contributed by atoms with Crippen LogP contribution < -0.4 is 15.8 Å². The summed E-state index contributed by atoms with van der Waals surface area (Å²) in [5.41, 5.74) is 8.20. The third-order valence-corrected chi connectivity index (χ3v) is 4.85. The van der Waals surface area contributed by atoms with E-state index in [1.807, 2.05) is 0 Å². The van der Waals surface area contributed by atoms with Crippen LogP contribution in [0.5, 0.6) is 5.75 Å². The molecule has 0 spiro atoms. The number of rotatable bonds is 3. The molecule has 0 fully saturated rings. The van der Waals surface area contributed by atoms with E-state index in [1.54, 1.807) is 36.6 Å². The maximum atomic E-state index is 12.6. The predicted molar refractivity (Wildman–Crippen MR) is 86.0 cm³/mol. The lowest BCUT2D eigenvalue weighted by molar-refractivity contribution is -0.117. The van der Waals surface area contributed by atoms with Gasteiger partial charge in [-0.05, 0) is 54.5 Å². The van der Waals surface area contributed by atoms with E-state index < -0.39 is 0 Å². The largest absolute Gasteiger partial charge is 0.495 e. The highest BCUT2D eigenvalue weighted by Gasteiger charge is 2.27. The summed E-state index contributed by atoms with van der Waals surface area (Å²) in [4.78, 5) is 13.9. The number of methoxy groups -OCH3 is 1. The minimum Gasteiger partial charge on any atom is -0.495 e. The van der Waals surface area contributed by atoms with Crippen molar-refractivity contribution in [3.05, 3.63) is 40.1 Å². The first-order chi connectivity index (χ1) is 10.2. The van der Waals surface area contributed by atoms with Crippen molar-refractivity contribution in [3.63, 3.8) is 0 Å². The Kier molecular flexibility index (Phi) is 3.84. The number of carbonyl (C=O) groups excluding carboxylic acids is 1. The van der Waals surface area contributed by atoms with Crippen LogP contribution in [0.4, 0.5) is 11.4 Å². The van der Waals surface area contributed by atoms with Crippen LogP contribution in [0.1, 0.15) is 29.2 Å². The Balaban J connectivity index is 1.84. The summed E-state index contributed by atoms with van der Waals surface area (Å²) >= 11 is 1.74. The fraction of sp³-hybridized carbons (Fsp3) is 0.312. The van der Waals surface area contributed by atoms with E-state index in [9.17, 15) is 4.79 Å². The molecule has 4 nitrogen and oxygen atoms in total. The van der Waals surface area contributed by atoms with E-state index in [0.29, 0.717) is 17.1 Å². The molecule has 5 heteroatoms. The molecule has 0 aliphatic heterocycles. The van der Waals surface area contributed by atoms with Crippen molar-refractivity contribution >= 4 is 28.6 Å². The van der Waals surface area contributed by atoms with Crippen LogP contribution in [0.3, 0.4) is 0 Å². The molecule has 21 heavy (non-hydrogen) atoms. The molecule has 110 valence electrons. The van der Waals surface area contributed by atoms with Crippen LogP contribution in [-0.4, -0.2) is 13.0 Å². The molecule has 1 aromatic carbocycles. The number of aryl methyl sites for hydroxylation is 1. The molecule has 3 N–H and O–H groups in total. The molecule has 1 aliphatic rings. The molecule has 0 saturated heterocycles. The standard InChI is InChI=1S/C16H18N2O2S/c1-20-14-6-5-10(17)9-13(14)18-16(19)12-3-2-4-15-11(12)7-8-21-15/h5-9,12H,2-4,17H2,1H3,(H,18,19). The quantitative estimate of drug-likeness (QED) is 0.854. The van der Waals surface area contributed by atoms with Gasteiger partial charge in [0.05, 0.1) is 18.7 Å². The molecule has 0 saturated carbocycles. The summed E-state index contributed by atoms with van der Waals surface area (Å²) in [5, 5.41) is 5.03. The summed E-state index contributed by atoms with van der Waals surface area (Å²) in [7, 11) is 1.58. The highest BCUT2D eigenvalue weighted by Crippen LogP contribution is 2.36. The van der Waals surface area contributed by atoms with Crippen LogP contribution in [0, 0.1) is 0 Å². The van der Waals surface area contributed by atoms with Crippen molar-refractivity contribution < 1.29 is 9.53 Å². The van der Waals surface area contributed by atoms with E-state index in [1.165, 1.54) is 10.4 Å². The number of fused-ring (bicyclic) bond motifs is 1. The molecule has 2 aromatic rings. The highest BCUT2D eigenvalue weighted by atomic mass is 32.1. The summed E-state index contributed by atoms with van der Waals surface area (Å²) in [6, 6.07) is 7.32. The molecule has 1 aromatic heterocycles. The maximum Gasteiger partial charge on any atom is 0.232 e. The second-order valence-electron chi connectivity index (χ2n) is 5.19. The number of amides is 1. The number of nitrogens with two attached hydrogens (primary N) is 1. The number of benzene rings is 1. The van der Waals surface area contributed by atoms with E-state index in [0.717, 1.165) is 19.3 Å². The SMILES string of the molecule is COc1ccc(N)cc1NC(=O)C1CCCc2sccc21. The zero-order valence-electron chi connectivity index (χ0n) is 11.9. The van der Waals surface area contributed by atoms with Crippen LogP contribution in [0.2, 0.25) is 0 Å². The van der Waals surface area contributed by atoms with Crippen molar-refractivity contribution in [3.8, 4) is 5.75 Å². The molecule has 0 bridgehead atoms. The third kappa shape index (κ3) is 2.74. The van der Waals surface area contributed by atoms with Crippen LogP contribution in [-0.2, 0) is 11.2 Å². The molecule has 3 rings (SSSR count). The molecule has 1 unspecified atom stereocenters. The van der Waals surface area contributed by atoms with Gasteiger partial charge in [-0.3, -0.25) is 4.79 Å². The normalized spacial score (nSPS) is 17.1. The van der Waals surface area contributed by atoms with Gasteiger partial charge < -0.3 is 15.8 Å². The summed E-state index contributed by atoms with van der Waals surface area (Å²) in [6.45, 7) is 0. The van der Waals surface area contributed by atoms with E-state index >= 15 is 0 Å². The Morgan fingerprint density at radius 3 is 3.10 bits per heavy atom. The zero-order valence-corrected chi connectivity index (χ0v) is 12.7. The van der Waals surface area contributed by atoms with Gasteiger partial charge in [-0.2, -0.15) is 0 Å². The Hall–Kier alpha value is -2.01. The molecular weight excluding hydrogens is 284 g/mol. The molecule has 0 radical (unpaired) electrons. The Labute approximate surface area is 127 Å². The van der Waals surface area contributed by atoms with E-state index in [4.69, 9.17) is 10.5 Å². The van der Waals surface area contributed by atoms with Crippen LogP contribution in [0.25, 0.3) is 0 Å². The monoisotopic (exact) mass is 302 g/mol. The second kappa shape index (κ2) is 5.77. The average molecular weight is 302 g/mol. The van der Waals surface area contributed by atoms with E-state index in [-0.39, 0.29) is 11.8 Å². The lowest BCUT2D eigenvalue weighted by Crippen LogP contribution is -2.24. The van der Waals surface area contributed by atoms with Gasteiger partial charge in [-0.25, -0.2) is 0 Å². The van der Waals surface area contributed by atoms with Crippen molar-refractivity contribution in [2.24, 2.45) is 0 Å². The molecule has 1 aliphatic carbocycles. The van der Waals surface area contributed by atoms with Crippen molar-refractivity contribution in [2.75, 3.05) is 18.2 Å². The Morgan fingerprint density at radius 2 is 2.29 bits per heavy atom. The minimum absolute atomic E-state index is 0.0123. The topological polar surface area (TPSA) is 64.3 Å². The Bertz CT molecular complexity index is 666. The zero-order chi connectivity index (χ0) is 14.8. The molecule has 1 heterocycles. The number of ether oxygens (including phenoxy) is 1. The number of carbonyl (C=O) groups is 1. The van der Waals surface area contributed by atoms with Crippen molar-refractivity contribution in [1.82, 2.24) is 0 Å². The van der Waals surface area contributed by atoms with Gasteiger partial charge in [0.25, 0.3) is 0 Å². The average Bonchev–Trinajstić information content (AvgIpc) is 2.95. The van der Waals surface area contributed by atoms with Gasteiger partial charge in [-0.1, -0.05) is 0 Å². The number of hydrogen-bond donors (Lipinski definition) is 2. The van der Waals surface area contributed by atoms with Crippen LogP contribution in [0.15, 0.2) is 29.6 Å². The first kappa shape index (κ1) is 13.9. The first-order valence-electron chi connectivity index (χ1n) is 6.99. The minimum atomic E-state index is -0.0777. The summed E-state index contributed by atoms with van der Waals surface area (Å²) < 4.78 is 5.27. The van der Waals surface area contributed by atoms with Gasteiger partial charge in [0.15, 0.2) is 0 Å². The molecule has 1 amide bonds. The maximum absolute atomic E-state index is 12.6. The summed E-state index contributed by atoms with van der Waals surface area (Å²) in [5.74, 6) is 0.559. The van der Waals surface area contributed by atoms with Gasteiger partial charge in [-0.15, -0.1) is 11.3 Å². The van der Waals surface area contributed by atoms with E-state index in [2.05, 4.69) is 16.8 Å². The smallest absolute Gasteiger partial charge is 0.232 e. The lowest BCUT2D eigenvalue weighted by Gasteiger charge is -2.22. The van der Waals surface area contributed by atoms with Gasteiger partial charge in [0.1, 0.15) is 5.75 Å². The van der Waals surface area contributed by atoms with Crippen LogP contribution >= 0.6 is 11.3 Å². The van der Waals surface area contributed by atoms with Crippen molar-refractivity contribution in [2.45, 2.75) is 25.2 Å². The number of thiophene rings is 1. The summed E-state index contributed by atoms with van der Waals surface area (Å²) in [6.07, 6.45) is 3.03. The highest BCUT2D eigenvalue weighted by molar-refractivity contribution is 7.10. The van der Waals surface area contributed by atoms with Gasteiger partial charge >= 0.3 is 0 Å². The Morgan fingerprint density at radius 1 is 1.43 bits per heavy atom. The first-order valence-corrected chi connectivity index (χ1v) is 7.87. The van der Waals surface area contributed by atoms with Gasteiger partial charge in [0.2, 0.25) is 5.91 Å². The molecule has 1 atom stereocenters. The molecular formula is C16H18N2O2S. The third-order valence-electron chi connectivity index (χ3n) is 3.85. The van der Waals surface area contributed by atoms with Crippen molar-refractivity contribution in [1.29, 1.82) is 0 Å². The fourth-order valence-corrected chi connectivity index (χ4v) is 3.79.